The Kier molecular flexibility index (Phi) is 5.84. The van der Waals surface area contributed by atoms with E-state index in [0.29, 0.717) is 13.2 Å². The quantitative estimate of drug-likeness (QED) is 0.803. The molecule has 100 valence electrons. The largest absolute Gasteiger partial charge is 0.492 e. The number of thioether (sulfide) groups is 1. The zero-order chi connectivity index (χ0) is 12.6. The highest BCUT2D eigenvalue weighted by molar-refractivity contribution is 7.99. The molecule has 1 heterocycles. The summed E-state index contributed by atoms with van der Waals surface area (Å²) in [5.41, 5.74) is 5.43. The third-order valence-electron chi connectivity index (χ3n) is 3.05. The number of likely N-dealkylation sites (tertiary alicyclic amines) is 1. The summed E-state index contributed by atoms with van der Waals surface area (Å²) in [4.78, 5) is 3.80. The second-order valence-electron chi connectivity index (χ2n) is 4.56. The molecular weight excluding hydrogens is 244 g/mol. The Hall–Kier alpha value is -0.710. The first-order chi connectivity index (χ1) is 8.88. The predicted octanol–water partition coefficient (Wildman–Crippen LogP) is 2.56. The maximum atomic E-state index is 5.54. The van der Waals surface area contributed by atoms with Gasteiger partial charge in [0.1, 0.15) is 12.4 Å². The average Bonchev–Trinajstić information content (AvgIpc) is 2.44. The van der Waals surface area contributed by atoms with Gasteiger partial charge in [-0.2, -0.15) is 0 Å². The van der Waals surface area contributed by atoms with E-state index in [1.54, 1.807) is 0 Å². The number of nitrogens with two attached hydrogens (primary N) is 1. The molecule has 0 spiro atoms. The lowest BCUT2D eigenvalue weighted by atomic mass is 10.1. The van der Waals surface area contributed by atoms with E-state index in [0.717, 1.165) is 11.6 Å². The smallest absolute Gasteiger partial charge is 0.120 e. The van der Waals surface area contributed by atoms with E-state index in [-0.39, 0.29) is 0 Å². The first kappa shape index (κ1) is 13.7. The molecule has 0 unspecified atom stereocenters. The number of benzene rings is 1. The van der Waals surface area contributed by atoms with Gasteiger partial charge in [0, 0.05) is 17.3 Å². The summed E-state index contributed by atoms with van der Waals surface area (Å²) in [6.45, 7) is 3.64. The van der Waals surface area contributed by atoms with E-state index in [2.05, 4.69) is 17.0 Å². The van der Waals surface area contributed by atoms with Gasteiger partial charge in [-0.05, 0) is 44.1 Å². The van der Waals surface area contributed by atoms with E-state index in [9.17, 15) is 0 Å². The summed E-state index contributed by atoms with van der Waals surface area (Å²) in [5.74, 6) is 2.00. The maximum Gasteiger partial charge on any atom is 0.120 e. The number of piperidine rings is 1. The molecule has 3 nitrogen and oxygen atoms in total. The van der Waals surface area contributed by atoms with E-state index < -0.39 is 0 Å². The first-order valence-corrected chi connectivity index (χ1v) is 7.65. The van der Waals surface area contributed by atoms with Crippen molar-refractivity contribution in [3.8, 4) is 5.75 Å². The molecule has 18 heavy (non-hydrogen) atoms. The van der Waals surface area contributed by atoms with Crippen LogP contribution in [0, 0.1) is 0 Å². The lowest BCUT2D eigenvalue weighted by Crippen LogP contribution is -2.29. The van der Waals surface area contributed by atoms with Crippen LogP contribution in [0.2, 0.25) is 0 Å². The van der Waals surface area contributed by atoms with Gasteiger partial charge in [-0.25, -0.2) is 0 Å². The molecule has 0 atom stereocenters. The monoisotopic (exact) mass is 266 g/mol. The van der Waals surface area contributed by atoms with Crippen LogP contribution in [-0.2, 0) is 0 Å². The van der Waals surface area contributed by atoms with Crippen molar-refractivity contribution in [2.75, 3.05) is 32.1 Å². The molecule has 2 N–H and O–H groups in total. The number of nitrogens with zero attached hydrogens (tertiary/aromatic N) is 1. The lowest BCUT2D eigenvalue weighted by Gasteiger charge is -2.25. The van der Waals surface area contributed by atoms with Gasteiger partial charge in [0.15, 0.2) is 0 Å². The van der Waals surface area contributed by atoms with Gasteiger partial charge in [-0.15, -0.1) is 11.8 Å². The molecule has 2 rings (SSSR count). The Labute approximate surface area is 114 Å². The van der Waals surface area contributed by atoms with Gasteiger partial charge in [-0.1, -0.05) is 12.5 Å². The number of ether oxygens (including phenoxy) is 1. The van der Waals surface area contributed by atoms with Gasteiger partial charge >= 0.3 is 0 Å². The SMILES string of the molecule is NCCOc1cccc(SCN2CCCCC2)c1. The summed E-state index contributed by atoms with van der Waals surface area (Å²) in [5, 5.41) is 0. The van der Waals surface area contributed by atoms with Crippen LogP contribution < -0.4 is 10.5 Å². The van der Waals surface area contributed by atoms with Crippen molar-refractivity contribution in [2.24, 2.45) is 5.73 Å². The van der Waals surface area contributed by atoms with Crippen LogP contribution >= 0.6 is 11.8 Å². The molecule has 0 saturated carbocycles. The Morgan fingerprint density at radius 3 is 2.83 bits per heavy atom. The Balaban J connectivity index is 1.80. The molecule has 0 amide bonds. The third-order valence-corrected chi connectivity index (χ3v) is 4.14. The zero-order valence-corrected chi connectivity index (χ0v) is 11.6. The molecule has 0 radical (unpaired) electrons. The van der Waals surface area contributed by atoms with Crippen LogP contribution in [-0.4, -0.2) is 37.0 Å². The summed E-state index contributed by atoms with van der Waals surface area (Å²) in [6, 6.07) is 8.28. The van der Waals surface area contributed by atoms with Crippen LogP contribution in [0.15, 0.2) is 29.2 Å². The molecule has 1 aromatic rings. The second kappa shape index (κ2) is 7.67. The van der Waals surface area contributed by atoms with Crippen LogP contribution in [0.4, 0.5) is 0 Å². The molecule has 1 aromatic carbocycles. The third kappa shape index (κ3) is 4.52. The first-order valence-electron chi connectivity index (χ1n) is 6.66. The van der Waals surface area contributed by atoms with E-state index >= 15 is 0 Å². The van der Waals surface area contributed by atoms with Crippen molar-refractivity contribution in [1.82, 2.24) is 4.90 Å². The van der Waals surface area contributed by atoms with E-state index in [4.69, 9.17) is 10.5 Å². The van der Waals surface area contributed by atoms with Gasteiger partial charge in [-0.3, -0.25) is 4.90 Å². The van der Waals surface area contributed by atoms with Crippen molar-refractivity contribution in [1.29, 1.82) is 0 Å². The Morgan fingerprint density at radius 1 is 1.22 bits per heavy atom. The summed E-state index contributed by atoms with van der Waals surface area (Å²) in [6.07, 6.45) is 4.09. The van der Waals surface area contributed by atoms with Crippen molar-refractivity contribution in [3.63, 3.8) is 0 Å². The fraction of sp³-hybridized carbons (Fsp3) is 0.571. The molecule has 4 heteroatoms. The maximum absolute atomic E-state index is 5.54. The normalized spacial score (nSPS) is 16.7. The highest BCUT2D eigenvalue weighted by atomic mass is 32.2. The standard InChI is InChI=1S/C14H22N2OS/c15-7-10-17-13-5-4-6-14(11-13)18-12-16-8-2-1-3-9-16/h4-6,11H,1-3,7-10,12,15H2. The minimum Gasteiger partial charge on any atom is -0.492 e. The molecule has 1 fully saturated rings. The fourth-order valence-electron chi connectivity index (χ4n) is 2.08. The number of hydrogen-bond acceptors (Lipinski definition) is 4. The van der Waals surface area contributed by atoms with Crippen molar-refractivity contribution in [3.05, 3.63) is 24.3 Å². The highest BCUT2D eigenvalue weighted by Crippen LogP contribution is 2.24. The minimum absolute atomic E-state index is 0.561. The van der Waals surface area contributed by atoms with Crippen LogP contribution in [0.5, 0.6) is 5.75 Å². The van der Waals surface area contributed by atoms with Crippen LogP contribution in [0.3, 0.4) is 0 Å². The molecule has 0 aromatic heterocycles. The topological polar surface area (TPSA) is 38.5 Å². The van der Waals surface area contributed by atoms with Gasteiger partial charge in [0.2, 0.25) is 0 Å². The highest BCUT2D eigenvalue weighted by Gasteiger charge is 2.09. The fourth-order valence-corrected chi connectivity index (χ4v) is 3.05. The molecule has 0 bridgehead atoms. The Bertz CT molecular complexity index is 353. The molecule has 1 saturated heterocycles. The van der Waals surface area contributed by atoms with E-state index in [1.807, 2.05) is 23.9 Å². The number of hydrogen-bond donors (Lipinski definition) is 1. The molecule has 1 aliphatic heterocycles. The average molecular weight is 266 g/mol. The number of rotatable bonds is 6. The summed E-state index contributed by atoms with van der Waals surface area (Å²) >= 11 is 1.89. The molecular formula is C14H22N2OS. The zero-order valence-electron chi connectivity index (χ0n) is 10.8. The van der Waals surface area contributed by atoms with Gasteiger partial charge < -0.3 is 10.5 Å². The van der Waals surface area contributed by atoms with Gasteiger partial charge in [0.05, 0.1) is 0 Å². The van der Waals surface area contributed by atoms with Crippen LogP contribution in [0.1, 0.15) is 19.3 Å². The predicted molar refractivity (Wildman–Crippen MR) is 77.1 cm³/mol. The molecule has 0 aliphatic carbocycles. The van der Waals surface area contributed by atoms with Gasteiger partial charge in [0.25, 0.3) is 0 Å². The lowest BCUT2D eigenvalue weighted by molar-refractivity contribution is 0.266. The van der Waals surface area contributed by atoms with Crippen LogP contribution in [0.25, 0.3) is 0 Å². The Morgan fingerprint density at radius 2 is 2.06 bits per heavy atom. The summed E-state index contributed by atoms with van der Waals surface area (Å²) < 4.78 is 5.54. The van der Waals surface area contributed by atoms with E-state index in [1.165, 1.54) is 37.2 Å². The van der Waals surface area contributed by atoms with Crippen molar-refractivity contribution >= 4 is 11.8 Å². The van der Waals surface area contributed by atoms with Crippen molar-refractivity contribution in [2.45, 2.75) is 24.2 Å². The summed E-state index contributed by atoms with van der Waals surface area (Å²) in [7, 11) is 0. The minimum atomic E-state index is 0.561. The second-order valence-corrected chi connectivity index (χ2v) is 5.58. The molecule has 1 aliphatic rings. The van der Waals surface area contributed by atoms with Crippen molar-refractivity contribution < 1.29 is 4.74 Å².